The zero-order valence-electron chi connectivity index (χ0n) is 21.3. The van der Waals surface area contributed by atoms with E-state index >= 15 is 0 Å². The Labute approximate surface area is 209 Å². The lowest BCUT2D eigenvalue weighted by Gasteiger charge is -2.27. The van der Waals surface area contributed by atoms with Gasteiger partial charge in [0.1, 0.15) is 11.9 Å². The molecule has 35 heavy (non-hydrogen) atoms. The number of hydroxylamine groups is 1. The molecule has 1 atom stereocenters. The Kier molecular flexibility index (Phi) is 9.63. The number of aldehydes is 1. The molecule has 0 saturated heterocycles. The number of hydrogen-bond donors (Lipinski definition) is 1. The molecule has 0 aliphatic carbocycles. The Hall–Kier alpha value is -2.71. The third-order valence-electron chi connectivity index (χ3n) is 5.89. The van der Waals surface area contributed by atoms with E-state index in [2.05, 4.69) is 0 Å². The van der Waals surface area contributed by atoms with Crippen molar-refractivity contribution in [2.45, 2.75) is 77.2 Å². The van der Waals surface area contributed by atoms with Gasteiger partial charge in [-0.3, -0.25) is 5.21 Å². The smallest absolute Gasteiger partial charge is 0.439 e. The molecule has 0 radical (unpaired) electrons. The predicted octanol–water partition coefficient (Wildman–Crippen LogP) is 5.97. The van der Waals surface area contributed by atoms with Crippen LogP contribution >= 0.6 is 0 Å². The fourth-order valence-corrected chi connectivity index (χ4v) is 6.01. The van der Waals surface area contributed by atoms with E-state index in [-0.39, 0.29) is 22.8 Å². The Balaban J connectivity index is 2.53. The van der Waals surface area contributed by atoms with Crippen LogP contribution in [0.3, 0.4) is 0 Å². The van der Waals surface area contributed by atoms with Crippen molar-refractivity contribution >= 4 is 27.9 Å². The third-order valence-corrected chi connectivity index (χ3v) is 7.91. The van der Waals surface area contributed by atoms with E-state index in [1.165, 1.54) is 18.2 Å². The van der Waals surface area contributed by atoms with Gasteiger partial charge in [0.2, 0.25) is 0 Å². The fourth-order valence-electron chi connectivity index (χ4n) is 3.88. The Morgan fingerprint density at radius 1 is 1.09 bits per heavy atom. The van der Waals surface area contributed by atoms with Crippen molar-refractivity contribution in [3.05, 3.63) is 59.7 Å². The van der Waals surface area contributed by atoms with E-state index in [0.29, 0.717) is 23.5 Å². The maximum absolute atomic E-state index is 13.6. The minimum Gasteiger partial charge on any atom is -0.442 e. The first-order valence-electron chi connectivity index (χ1n) is 11.9. The summed E-state index contributed by atoms with van der Waals surface area (Å²) in [4.78, 5) is 24.5. The first-order valence-corrected chi connectivity index (χ1v) is 13.6. The summed E-state index contributed by atoms with van der Waals surface area (Å²) in [5.74, 6) is -0.296. The zero-order valence-corrected chi connectivity index (χ0v) is 22.1. The average Bonchev–Trinajstić information content (AvgIpc) is 2.80. The van der Waals surface area contributed by atoms with Crippen molar-refractivity contribution < 1.29 is 28.0 Å². The van der Waals surface area contributed by atoms with E-state index in [1.807, 2.05) is 44.2 Å². The van der Waals surface area contributed by atoms with Gasteiger partial charge in [-0.15, -0.1) is 0 Å². The zero-order chi connectivity index (χ0) is 26.3. The highest BCUT2D eigenvalue weighted by atomic mass is 32.2. The number of hydrogen-bond acceptors (Lipinski definition) is 6. The van der Waals surface area contributed by atoms with Gasteiger partial charge in [-0.25, -0.2) is 13.2 Å². The summed E-state index contributed by atoms with van der Waals surface area (Å²) in [7, 11) is -3.86. The topological polar surface area (TPSA) is 101 Å². The number of anilines is 1. The molecule has 0 bridgehead atoms. The van der Waals surface area contributed by atoms with Crippen LogP contribution in [0.25, 0.3) is 0 Å². The number of sulfone groups is 1. The lowest BCUT2D eigenvalue weighted by Crippen LogP contribution is -2.34. The van der Waals surface area contributed by atoms with E-state index in [1.54, 1.807) is 20.8 Å². The van der Waals surface area contributed by atoms with Crippen LogP contribution in [-0.2, 0) is 25.8 Å². The van der Waals surface area contributed by atoms with Crippen LogP contribution in [0.5, 0.6) is 0 Å². The van der Waals surface area contributed by atoms with E-state index in [4.69, 9.17) is 4.74 Å². The highest BCUT2D eigenvalue weighted by molar-refractivity contribution is 7.91. The monoisotopic (exact) mass is 503 g/mol. The molecule has 0 aliphatic rings. The molecule has 2 aromatic carbocycles. The number of ether oxygens (including phenoxy) is 1. The minimum atomic E-state index is -3.86. The predicted molar refractivity (Wildman–Crippen MR) is 137 cm³/mol. The maximum Gasteiger partial charge on any atom is 0.439 e. The third kappa shape index (κ3) is 7.90. The molecule has 8 heteroatoms. The fraction of sp³-hybridized carbons (Fsp3) is 0.481. The van der Waals surface area contributed by atoms with Crippen LogP contribution in [-0.4, -0.2) is 37.4 Å². The first-order chi connectivity index (χ1) is 16.4. The van der Waals surface area contributed by atoms with Gasteiger partial charge in [0.25, 0.3) is 0 Å². The molecule has 2 rings (SSSR count). The lowest BCUT2D eigenvalue weighted by atomic mass is 9.84. The Bertz CT molecular complexity index is 1110. The van der Waals surface area contributed by atoms with Crippen molar-refractivity contribution in [3.63, 3.8) is 0 Å². The summed E-state index contributed by atoms with van der Waals surface area (Å²) in [5, 5.41) is 10.8. The molecule has 192 valence electrons. The number of nitrogens with zero attached hydrogens (tertiary/aromatic N) is 1. The van der Waals surface area contributed by atoms with Gasteiger partial charge < -0.3 is 9.53 Å². The molecule has 1 unspecified atom stereocenters. The number of carbonyl (C=O) groups is 2. The molecule has 2 aromatic rings. The summed E-state index contributed by atoms with van der Waals surface area (Å²) in [5.41, 5.74) is -0.400. The molecule has 0 heterocycles. The van der Waals surface area contributed by atoms with Crippen LogP contribution in [0.2, 0.25) is 0 Å². The van der Waals surface area contributed by atoms with Gasteiger partial charge in [-0.2, -0.15) is 5.06 Å². The Morgan fingerprint density at radius 3 is 2.29 bits per heavy atom. The van der Waals surface area contributed by atoms with Crippen molar-refractivity contribution in [2.75, 3.05) is 10.8 Å². The summed E-state index contributed by atoms with van der Waals surface area (Å²) in [6, 6.07) is 13.5. The number of benzene rings is 2. The summed E-state index contributed by atoms with van der Waals surface area (Å²) in [6.45, 7) is 8.88. The molecule has 1 N–H and O–H groups in total. The van der Waals surface area contributed by atoms with Gasteiger partial charge in [0, 0.05) is 5.41 Å². The second kappa shape index (κ2) is 11.8. The van der Waals surface area contributed by atoms with Crippen LogP contribution < -0.4 is 5.06 Å². The molecular weight excluding hydrogens is 466 g/mol. The van der Waals surface area contributed by atoms with Gasteiger partial charge in [-0.05, 0) is 69.4 Å². The van der Waals surface area contributed by atoms with Crippen LogP contribution in [0.4, 0.5) is 10.5 Å². The average molecular weight is 504 g/mol. The van der Waals surface area contributed by atoms with Crippen molar-refractivity contribution in [1.29, 1.82) is 0 Å². The first kappa shape index (κ1) is 28.5. The normalized spacial score (nSPS) is 13.7. The van der Waals surface area contributed by atoms with Crippen LogP contribution in [0, 0.1) is 5.41 Å². The molecule has 0 fully saturated rings. The van der Waals surface area contributed by atoms with Gasteiger partial charge >= 0.3 is 6.09 Å². The maximum atomic E-state index is 13.6. The minimum absolute atomic E-state index is 0.0823. The Morgan fingerprint density at radius 2 is 1.74 bits per heavy atom. The highest BCUT2D eigenvalue weighted by Gasteiger charge is 2.35. The molecule has 7 nitrogen and oxygen atoms in total. The van der Waals surface area contributed by atoms with E-state index < -0.39 is 26.9 Å². The van der Waals surface area contributed by atoms with Gasteiger partial charge in [0.05, 0.1) is 16.3 Å². The molecule has 0 spiro atoms. The molecule has 0 aromatic heterocycles. The largest absolute Gasteiger partial charge is 0.442 e. The SMILES string of the molecule is CCCCC(C=O)(CC)CS(=O)(=O)c1ccc(N(O)C(=O)OC(C)(C)C)cc1Cc1ccccc1. The van der Waals surface area contributed by atoms with Crippen molar-refractivity contribution in [2.24, 2.45) is 5.41 Å². The van der Waals surface area contributed by atoms with E-state index in [0.717, 1.165) is 24.7 Å². The van der Waals surface area contributed by atoms with Gasteiger partial charge in [0.15, 0.2) is 9.84 Å². The van der Waals surface area contributed by atoms with Crippen LogP contribution in [0.1, 0.15) is 71.4 Å². The number of carbonyl (C=O) groups excluding carboxylic acids is 2. The molecule has 1 amide bonds. The quantitative estimate of drug-likeness (QED) is 0.230. The molecular formula is C27H37NO6S. The van der Waals surface area contributed by atoms with Crippen molar-refractivity contribution in [1.82, 2.24) is 0 Å². The summed E-state index contributed by atoms with van der Waals surface area (Å²) < 4.78 is 32.5. The standard InChI is InChI=1S/C27H37NO6S/c1-6-8-16-27(7-2,19-29)20-35(32,33)24-15-14-23(28(31)25(30)34-26(3,4)5)18-22(24)17-21-12-10-9-11-13-21/h9-15,18-19,31H,6-8,16-17,20H2,1-5H3. The van der Waals surface area contributed by atoms with Gasteiger partial charge in [-0.1, -0.05) is 57.0 Å². The lowest BCUT2D eigenvalue weighted by molar-refractivity contribution is -0.115. The van der Waals surface area contributed by atoms with Crippen LogP contribution in [0.15, 0.2) is 53.4 Å². The second-order valence-electron chi connectivity index (χ2n) is 9.94. The number of unbranched alkanes of at least 4 members (excludes halogenated alkanes) is 1. The second-order valence-corrected chi connectivity index (χ2v) is 11.9. The van der Waals surface area contributed by atoms with E-state index in [9.17, 15) is 23.2 Å². The highest BCUT2D eigenvalue weighted by Crippen LogP contribution is 2.33. The number of amides is 1. The molecule has 0 saturated carbocycles. The molecule has 0 aliphatic heterocycles. The summed E-state index contributed by atoms with van der Waals surface area (Å²) >= 11 is 0. The number of rotatable bonds is 11. The van der Waals surface area contributed by atoms with Crippen molar-refractivity contribution in [3.8, 4) is 0 Å². The summed E-state index contributed by atoms with van der Waals surface area (Å²) in [6.07, 6.45) is 2.62.